The van der Waals surface area contributed by atoms with E-state index in [1.807, 2.05) is 31.2 Å². The summed E-state index contributed by atoms with van der Waals surface area (Å²) < 4.78 is 15.6. The van der Waals surface area contributed by atoms with E-state index in [0.29, 0.717) is 0 Å². The minimum Gasteiger partial charge on any atom is -0.230 e. The summed E-state index contributed by atoms with van der Waals surface area (Å²) in [6, 6.07) is 7.63. The van der Waals surface area contributed by atoms with Gasteiger partial charge in [-0.25, -0.2) is 4.21 Å². The minimum atomic E-state index is -1.23. The van der Waals surface area contributed by atoms with E-state index in [1.54, 1.807) is 6.21 Å². The first-order valence-corrected chi connectivity index (χ1v) is 6.36. The van der Waals surface area contributed by atoms with E-state index in [4.69, 9.17) is 0 Å². The smallest absolute Gasteiger partial charge is 0.172 e. The molecule has 3 heteroatoms. The predicted molar refractivity (Wildman–Crippen MR) is 65.6 cm³/mol. The summed E-state index contributed by atoms with van der Waals surface area (Å²) in [7, 11) is -1.23. The second-order valence-electron chi connectivity index (χ2n) is 3.49. The summed E-state index contributed by atoms with van der Waals surface area (Å²) in [6.07, 6.45) is 4.92. The highest BCUT2D eigenvalue weighted by Gasteiger charge is 1.98. The molecule has 2 nitrogen and oxygen atoms in total. The fraction of sp³-hybridized carbons (Fsp3) is 0.417. The zero-order chi connectivity index (χ0) is 11.1. The van der Waals surface area contributed by atoms with Crippen molar-refractivity contribution in [3.8, 4) is 0 Å². The second kappa shape index (κ2) is 6.51. The molecule has 0 radical (unpaired) electrons. The first-order valence-electron chi connectivity index (χ1n) is 5.25. The highest BCUT2D eigenvalue weighted by molar-refractivity contribution is 7.83. The predicted octanol–water partition coefficient (Wildman–Crippen LogP) is 3.28. The van der Waals surface area contributed by atoms with Gasteiger partial charge in [0.2, 0.25) is 0 Å². The molecule has 0 unspecified atom stereocenters. The monoisotopic (exact) mass is 223 g/mol. The van der Waals surface area contributed by atoms with Crippen molar-refractivity contribution in [1.29, 1.82) is 0 Å². The highest BCUT2D eigenvalue weighted by atomic mass is 32.2. The van der Waals surface area contributed by atoms with Crippen molar-refractivity contribution < 1.29 is 4.21 Å². The fourth-order valence-electron chi connectivity index (χ4n) is 1.13. The first kappa shape index (κ1) is 12.1. The molecule has 0 saturated heterocycles. The van der Waals surface area contributed by atoms with Gasteiger partial charge < -0.3 is 0 Å². The largest absolute Gasteiger partial charge is 0.230 e. The second-order valence-corrected chi connectivity index (χ2v) is 4.67. The van der Waals surface area contributed by atoms with Crippen molar-refractivity contribution in [2.75, 3.05) is 0 Å². The maximum atomic E-state index is 11.6. The van der Waals surface area contributed by atoms with Gasteiger partial charge in [-0.3, -0.25) is 0 Å². The molecule has 0 N–H and O–H groups in total. The molecule has 0 spiro atoms. The molecule has 0 bridgehead atoms. The van der Waals surface area contributed by atoms with Crippen LogP contribution in [0, 0.1) is 6.92 Å². The van der Waals surface area contributed by atoms with Gasteiger partial charge in [-0.15, -0.1) is 0 Å². The Labute approximate surface area is 94.0 Å². The summed E-state index contributed by atoms with van der Waals surface area (Å²) in [6.45, 7) is 4.14. The van der Waals surface area contributed by atoms with Crippen molar-refractivity contribution in [3.05, 3.63) is 29.8 Å². The molecule has 82 valence electrons. The number of aryl methyl sites for hydroxylation is 1. The number of hydrogen-bond acceptors (Lipinski definition) is 1. The van der Waals surface area contributed by atoms with Crippen molar-refractivity contribution in [1.82, 2.24) is 0 Å². The molecule has 0 aromatic heterocycles. The van der Waals surface area contributed by atoms with Crippen LogP contribution in [-0.2, 0) is 11.0 Å². The topological polar surface area (TPSA) is 29.4 Å². The van der Waals surface area contributed by atoms with E-state index >= 15 is 0 Å². The molecule has 1 aromatic carbocycles. The molecular formula is C12H17NOS. The molecule has 0 amide bonds. The van der Waals surface area contributed by atoms with Crippen molar-refractivity contribution >= 4 is 17.2 Å². The normalized spacial score (nSPS) is 13.2. The minimum absolute atomic E-state index is 0.772. The Kier molecular flexibility index (Phi) is 5.26. The van der Waals surface area contributed by atoms with Crippen LogP contribution < -0.4 is 0 Å². The Morgan fingerprint density at radius 3 is 2.60 bits per heavy atom. The fourth-order valence-corrected chi connectivity index (χ4v) is 1.86. The maximum Gasteiger partial charge on any atom is 0.172 e. The zero-order valence-electron chi connectivity index (χ0n) is 9.27. The first-order chi connectivity index (χ1) is 7.24. The third-order valence-corrected chi connectivity index (χ3v) is 3.10. The lowest BCUT2D eigenvalue weighted by atomic mass is 10.2. The van der Waals surface area contributed by atoms with E-state index in [-0.39, 0.29) is 0 Å². The Morgan fingerprint density at radius 2 is 2.00 bits per heavy atom. The standard InChI is InChI=1S/C12H17NOS/c1-3-4-5-10-13-15(14)12-8-6-11(2)7-9-12/h6-10H,3-5H2,1-2H3/b13-10+/t15-/m0/s1. The number of nitrogens with zero attached hydrogens (tertiary/aromatic N) is 1. The van der Waals surface area contributed by atoms with E-state index < -0.39 is 11.0 Å². The number of hydrogen-bond donors (Lipinski definition) is 0. The lowest BCUT2D eigenvalue weighted by Gasteiger charge is -1.96. The van der Waals surface area contributed by atoms with Crippen molar-refractivity contribution in [2.45, 2.75) is 38.0 Å². The molecule has 0 saturated carbocycles. The number of unbranched alkanes of at least 4 members (excludes halogenated alkanes) is 2. The summed E-state index contributed by atoms with van der Waals surface area (Å²) in [5.74, 6) is 0. The van der Waals surface area contributed by atoms with Gasteiger partial charge in [0, 0.05) is 6.21 Å². The highest BCUT2D eigenvalue weighted by Crippen LogP contribution is 2.08. The van der Waals surface area contributed by atoms with Crippen LogP contribution in [0.3, 0.4) is 0 Å². The molecule has 0 aliphatic carbocycles. The van der Waals surface area contributed by atoms with Gasteiger partial charge in [0.15, 0.2) is 11.0 Å². The molecular weight excluding hydrogens is 206 g/mol. The molecule has 0 heterocycles. The van der Waals surface area contributed by atoms with Crippen LogP contribution >= 0.6 is 0 Å². The zero-order valence-corrected chi connectivity index (χ0v) is 10.1. The summed E-state index contributed by atoms with van der Waals surface area (Å²) in [5, 5.41) is 0. The van der Waals surface area contributed by atoms with Gasteiger partial charge >= 0.3 is 0 Å². The van der Waals surface area contributed by atoms with Gasteiger partial charge in [0.25, 0.3) is 0 Å². The third kappa shape index (κ3) is 4.38. The van der Waals surface area contributed by atoms with Crippen molar-refractivity contribution in [2.24, 2.45) is 4.40 Å². The lowest BCUT2D eigenvalue weighted by Crippen LogP contribution is -1.88. The van der Waals surface area contributed by atoms with Crippen LogP contribution in [0.5, 0.6) is 0 Å². The van der Waals surface area contributed by atoms with E-state index in [2.05, 4.69) is 11.3 Å². The Balaban J connectivity index is 2.53. The maximum absolute atomic E-state index is 11.6. The van der Waals surface area contributed by atoms with E-state index in [9.17, 15) is 4.21 Å². The Hall–Kier alpha value is -0.960. The van der Waals surface area contributed by atoms with Crippen LogP contribution in [0.2, 0.25) is 0 Å². The Morgan fingerprint density at radius 1 is 1.33 bits per heavy atom. The summed E-state index contributed by atoms with van der Waals surface area (Å²) in [5.41, 5.74) is 1.17. The van der Waals surface area contributed by atoms with Crippen LogP contribution in [-0.4, -0.2) is 10.4 Å². The van der Waals surface area contributed by atoms with Gasteiger partial charge in [-0.2, -0.15) is 4.40 Å². The molecule has 1 aromatic rings. The van der Waals surface area contributed by atoms with E-state index in [0.717, 1.165) is 24.2 Å². The van der Waals surface area contributed by atoms with Crippen LogP contribution in [0.25, 0.3) is 0 Å². The number of rotatable bonds is 5. The van der Waals surface area contributed by atoms with Gasteiger partial charge in [-0.05, 0) is 31.9 Å². The average Bonchev–Trinajstić information content (AvgIpc) is 2.25. The van der Waals surface area contributed by atoms with Gasteiger partial charge in [0.05, 0.1) is 4.90 Å². The molecule has 0 fully saturated rings. The van der Waals surface area contributed by atoms with Gasteiger partial charge in [-0.1, -0.05) is 31.0 Å². The Bertz CT molecular complexity index is 343. The lowest BCUT2D eigenvalue weighted by molar-refractivity contribution is 0.684. The average molecular weight is 223 g/mol. The van der Waals surface area contributed by atoms with Crippen LogP contribution in [0.1, 0.15) is 31.7 Å². The quantitative estimate of drug-likeness (QED) is 0.556. The summed E-state index contributed by atoms with van der Waals surface area (Å²) in [4.78, 5) is 0.772. The molecule has 1 rings (SSSR count). The SMILES string of the molecule is CCCC/C=N/[S@@](=O)c1ccc(C)cc1. The van der Waals surface area contributed by atoms with Gasteiger partial charge in [0.1, 0.15) is 0 Å². The van der Waals surface area contributed by atoms with Crippen molar-refractivity contribution in [3.63, 3.8) is 0 Å². The summed E-state index contributed by atoms with van der Waals surface area (Å²) >= 11 is 0. The van der Waals surface area contributed by atoms with E-state index in [1.165, 1.54) is 5.56 Å². The number of benzene rings is 1. The molecule has 15 heavy (non-hydrogen) atoms. The molecule has 1 atom stereocenters. The van der Waals surface area contributed by atoms with Crippen LogP contribution in [0.15, 0.2) is 33.6 Å². The molecule has 0 aliphatic heterocycles. The third-order valence-electron chi connectivity index (χ3n) is 2.08. The van der Waals surface area contributed by atoms with Crippen LogP contribution in [0.4, 0.5) is 0 Å². The molecule has 0 aliphatic rings.